The van der Waals surface area contributed by atoms with Gasteiger partial charge in [0, 0.05) is 18.1 Å². The molecule has 1 heterocycles. The topological polar surface area (TPSA) is 35.5 Å². The maximum atomic E-state index is 11.6. The standard InChI is InChI=1S/C10H12ClO3P/c1-15(12)13-6-5-10(14-15)8-3-2-4-9(11)7-8/h2-4,7,10H,5-6H2,1H3. The first-order chi connectivity index (χ1) is 7.07. The molecule has 2 rings (SSSR count). The predicted molar refractivity (Wildman–Crippen MR) is 59.4 cm³/mol. The first-order valence-corrected chi connectivity index (χ1v) is 7.09. The van der Waals surface area contributed by atoms with E-state index in [1.165, 1.54) is 6.66 Å². The molecule has 1 saturated heterocycles. The summed E-state index contributed by atoms with van der Waals surface area (Å²) in [6, 6.07) is 7.41. The molecule has 1 fully saturated rings. The lowest BCUT2D eigenvalue weighted by Crippen LogP contribution is -2.13. The second-order valence-corrected chi connectivity index (χ2v) is 5.99. The SMILES string of the molecule is CP1(=O)OCCC(c2cccc(Cl)c2)O1. The minimum absolute atomic E-state index is 0.173. The number of benzene rings is 1. The van der Waals surface area contributed by atoms with Gasteiger partial charge in [-0.05, 0) is 17.7 Å². The minimum atomic E-state index is -2.87. The summed E-state index contributed by atoms with van der Waals surface area (Å²) in [5.74, 6) is 0. The molecule has 1 aromatic rings. The fourth-order valence-corrected chi connectivity index (χ4v) is 2.96. The van der Waals surface area contributed by atoms with Crippen molar-refractivity contribution in [3.05, 3.63) is 34.9 Å². The van der Waals surface area contributed by atoms with Gasteiger partial charge in [0.05, 0.1) is 12.7 Å². The third-order valence-corrected chi connectivity index (χ3v) is 3.77. The molecular weight excluding hydrogens is 235 g/mol. The molecule has 1 aliphatic heterocycles. The summed E-state index contributed by atoms with van der Waals surface area (Å²) in [6.07, 6.45) is 0.534. The van der Waals surface area contributed by atoms with Crippen LogP contribution in [0.15, 0.2) is 24.3 Å². The lowest BCUT2D eigenvalue weighted by atomic mass is 10.1. The largest absolute Gasteiger partial charge is 0.328 e. The van der Waals surface area contributed by atoms with Crippen molar-refractivity contribution in [3.8, 4) is 0 Å². The van der Waals surface area contributed by atoms with Crippen LogP contribution in [0.5, 0.6) is 0 Å². The Balaban J connectivity index is 2.21. The molecule has 0 radical (unpaired) electrons. The lowest BCUT2D eigenvalue weighted by Gasteiger charge is -2.27. The Morgan fingerprint density at radius 3 is 3.00 bits per heavy atom. The molecule has 0 aliphatic carbocycles. The predicted octanol–water partition coefficient (Wildman–Crippen LogP) is 3.64. The Morgan fingerprint density at radius 2 is 2.33 bits per heavy atom. The number of halogens is 1. The molecule has 0 amide bonds. The molecule has 0 saturated carbocycles. The Labute approximate surface area is 93.9 Å². The summed E-state index contributed by atoms with van der Waals surface area (Å²) < 4.78 is 22.1. The van der Waals surface area contributed by atoms with E-state index < -0.39 is 7.60 Å². The van der Waals surface area contributed by atoms with Gasteiger partial charge in [0.25, 0.3) is 0 Å². The van der Waals surface area contributed by atoms with Gasteiger partial charge in [0.1, 0.15) is 0 Å². The summed E-state index contributed by atoms with van der Waals surface area (Å²) in [7, 11) is -2.87. The van der Waals surface area contributed by atoms with Crippen LogP contribution >= 0.6 is 19.2 Å². The summed E-state index contributed by atoms with van der Waals surface area (Å²) in [6.45, 7) is 1.95. The van der Waals surface area contributed by atoms with E-state index in [1.54, 1.807) is 6.07 Å². The molecule has 15 heavy (non-hydrogen) atoms. The quantitative estimate of drug-likeness (QED) is 0.710. The van der Waals surface area contributed by atoms with E-state index in [9.17, 15) is 4.57 Å². The summed E-state index contributed by atoms with van der Waals surface area (Å²) >= 11 is 5.88. The Hall–Kier alpha value is -0.340. The molecule has 0 aromatic heterocycles. The fraction of sp³-hybridized carbons (Fsp3) is 0.400. The van der Waals surface area contributed by atoms with E-state index in [-0.39, 0.29) is 6.10 Å². The van der Waals surface area contributed by atoms with Gasteiger partial charge in [0.2, 0.25) is 0 Å². The Bertz CT molecular complexity index is 407. The normalized spacial score (nSPS) is 31.5. The highest BCUT2D eigenvalue weighted by molar-refractivity contribution is 7.53. The van der Waals surface area contributed by atoms with Crippen molar-refractivity contribution in [2.45, 2.75) is 12.5 Å². The van der Waals surface area contributed by atoms with E-state index in [4.69, 9.17) is 20.6 Å². The molecular formula is C10H12ClO3P. The average molecular weight is 247 g/mol. The smallest absolute Gasteiger partial charge is 0.309 e. The van der Waals surface area contributed by atoms with Gasteiger partial charge in [-0.15, -0.1) is 0 Å². The maximum Gasteiger partial charge on any atom is 0.328 e. The lowest BCUT2D eigenvalue weighted by molar-refractivity contribution is 0.0845. The number of hydrogen-bond acceptors (Lipinski definition) is 3. The molecule has 3 nitrogen and oxygen atoms in total. The molecule has 82 valence electrons. The van der Waals surface area contributed by atoms with Crippen LogP contribution in [0.1, 0.15) is 18.1 Å². The zero-order valence-corrected chi connectivity index (χ0v) is 10.0. The molecule has 0 N–H and O–H groups in total. The first kappa shape index (κ1) is 11.2. The molecule has 2 unspecified atom stereocenters. The Kier molecular flexibility index (Phi) is 3.17. The summed E-state index contributed by atoms with van der Waals surface area (Å²) in [5.41, 5.74) is 0.952. The van der Waals surface area contributed by atoms with Crippen molar-refractivity contribution in [3.63, 3.8) is 0 Å². The van der Waals surface area contributed by atoms with Gasteiger partial charge in [-0.3, -0.25) is 4.57 Å². The molecule has 0 spiro atoms. The van der Waals surface area contributed by atoms with Crippen molar-refractivity contribution in [1.29, 1.82) is 0 Å². The van der Waals surface area contributed by atoms with E-state index in [1.807, 2.05) is 18.2 Å². The molecule has 0 bridgehead atoms. The van der Waals surface area contributed by atoms with Crippen LogP contribution in [-0.2, 0) is 13.6 Å². The van der Waals surface area contributed by atoms with Gasteiger partial charge < -0.3 is 9.05 Å². The zero-order valence-electron chi connectivity index (χ0n) is 8.35. The highest BCUT2D eigenvalue weighted by Gasteiger charge is 2.29. The van der Waals surface area contributed by atoms with Gasteiger partial charge in [-0.1, -0.05) is 23.7 Å². The Morgan fingerprint density at radius 1 is 1.53 bits per heavy atom. The molecule has 2 atom stereocenters. The summed E-state index contributed by atoms with van der Waals surface area (Å²) in [4.78, 5) is 0. The van der Waals surface area contributed by atoms with Gasteiger partial charge in [0.15, 0.2) is 0 Å². The van der Waals surface area contributed by atoms with Gasteiger partial charge >= 0.3 is 7.60 Å². The van der Waals surface area contributed by atoms with E-state index in [0.29, 0.717) is 18.1 Å². The summed E-state index contributed by atoms with van der Waals surface area (Å²) in [5, 5.41) is 0.661. The average Bonchev–Trinajstić information content (AvgIpc) is 2.16. The van der Waals surface area contributed by atoms with E-state index in [0.717, 1.165) is 5.56 Å². The second-order valence-electron chi connectivity index (χ2n) is 3.54. The highest BCUT2D eigenvalue weighted by Crippen LogP contribution is 2.52. The van der Waals surface area contributed by atoms with Gasteiger partial charge in [-0.2, -0.15) is 0 Å². The minimum Gasteiger partial charge on any atom is -0.309 e. The van der Waals surface area contributed by atoms with Crippen molar-refractivity contribution in [2.75, 3.05) is 13.3 Å². The van der Waals surface area contributed by atoms with Gasteiger partial charge in [-0.25, -0.2) is 0 Å². The molecule has 1 aliphatic rings. The molecule has 1 aromatic carbocycles. The van der Waals surface area contributed by atoms with Crippen LogP contribution in [0, 0.1) is 0 Å². The zero-order chi connectivity index (χ0) is 10.9. The molecule has 5 heteroatoms. The fourth-order valence-electron chi connectivity index (χ4n) is 1.57. The van der Waals surface area contributed by atoms with Crippen molar-refractivity contribution in [2.24, 2.45) is 0 Å². The van der Waals surface area contributed by atoms with Crippen LogP contribution < -0.4 is 0 Å². The first-order valence-electron chi connectivity index (χ1n) is 4.73. The highest BCUT2D eigenvalue weighted by atomic mass is 35.5. The van der Waals surface area contributed by atoms with Crippen molar-refractivity contribution in [1.82, 2.24) is 0 Å². The van der Waals surface area contributed by atoms with E-state index in [2.05, 4.69) is 0 Å². The van der Waals surface area contributed by atoms with Crippen molar-refractivity contribution < 1.29 is 13.6 Å². The van der Waals surface area contributed by atoms with Crippen LogP contribution in [0.3, 0.4) is 0 Å². The van der Waals surface area contributed by atoms with Crippen LogP contribution in [0.4, 0.5) is 0 Å². The maximum absolute atomic E-state index is 11.6. The van der Waals surface area contributed by atoms with Crippen LogP contribution in [-0.4, -0.2) is 13.3 Å². The number of rotatable bonds is 1. The number of hydrogen-bond donors (Lipinski definition) is 0. The van der Waals surface area contributed by atoms with Crippen LogP contribution in [0.2, 0.25) is 5.02 Å². The third kappa shape index (κ3) is 2.82. The van der Waals surface area contributed by atoms with Crippen LogP contribution in [0.25, 0.3) is 0 Å². The second kappa shape index (κ2) is 4.26. The third-order valence-electron chi connectivity index (χ3n) is 2.25. The monoisotopic (exact) mass is 246 g/mol. The van der Waals surface area contributed by atoms with E-state index >= 15 is 0 Å². The van der Waals surface area contributed by atoms with Crippen molar-refractivity contribution >= 4 is 19.2 Å².